The van der Waals surface area contributed by atoms with Crippen LogP contribution in [-0.2, 0) is 13.5 Å². The van der Waals surface area contributed by atoms with Crippen LogP contribution in [0.3, 0.4) is 0 Å². The van der Waals surface area contributed by atoms with E-state index >= 15 is 0 Å². The zero-order valence-electron chi connectivity index (χ0n) is 21.6. The lowest BCUT2D eigenvalue weighted by Gasteiger charge is -2.36. The lowest BCUT2D eigenvalue weighted by Crippen LogP contribution is -2.49. The summed E-state index contributed by atoms with van der Waals surface area (Å²) in [4.78, 5) is 4.85. The van der Waals surface area contributed by atoms with Crippen LogP contribution in [0.15, 0.2) is 36.7 Å². The number of pyridine rings is 1. The minimum atomic E-state index is 0.0821. The van der Waals surface area contributed by atoms with Crippen LogP contribution in [0.5, 0.6) is 0 Å². The SMILES string of the molecule is Cc1ccc(C)c(-c2cc(CC(C)(C)C)cc(N3C=CN(C(C)(C)C)[C@H]3C)[n+]2C)c1C. The zero-order valence-corrected chi connectivity index (χ0v) is 21.6. The molecule has 1 aliphatic rings. The molecule has 0 radical (unpaired) electrons. The van der Waals surface area contributed by atoms with Gasteiger partial charge >= 0.3 is 0 Å². The van der Waals surface area contributed by atoms with Crippen molar-refractivity contribution >= 4 is 5.82 Å². The van der Waals surface area contributed by atoms with E-state index in [-0.39, 0.29) is 17.1 Å². The van der Waals surface area contributed by atoms with E-state index in [9.17, 15) is 0 Å². The summed E-state index contributed by atoms with van der Waals surface area (Å²) in [7, 11) is 2.22. The molecule has 0 spiro atoms. The molecule has 0 aliphatic carbocycles. The largest absolute Gasteiger partial charge is 0.331 e. The molecule has 168 valence electrons. The molecule has 0 saturated carbocycles. The Morgan fingerprint density at radius 3 is 2.06 bits per heavy atom. The van der Waals surface area contributed by atoms with Gasteiger partial charge in [-0.05, 0) is 88.6 Å². The minimum Gasteiger partial charge on any atom is -0.331 e. The topological polar surface area (TPSA) is 10.4 Å². The highest BCUT2D eigenvalue weighted by atomic mass is 15.4. The van der Waals surface area contributed by atoms with Gasteiger partial charge in [-0.3, -0.25) is 0 Å². The van der Waals surface area contributed by atoms with Crippen LogP contribution >= 0.6 is 0 Å². The maximum Gasteiger partial charge on any atom is 0.283 e. The van der Waals surface area contributed by atoms with Gasteiger partial charge in [-0.15, -0.1) is 0 Å². The van der Waals surface area contributed by atoms with Gasteiger partial charge in [-0.1, -0.05) is 32.9 Å². The summed E-state index contributed by atoms with van der Waals surface area (Å²) in [6, 6.07) is 9.30. The molecular formula is C28H42N3+. The summed E-state index contributed by atoms with van der Waals surface area (Å²) in [6.07, 6.45) is 5.80. The minimum absolute atomic E-state index is 0.0821. The van der Waals surface area contributed by atoms with Gasteiger partial charge in [0, 0.05) is 23.4 Å². The Labute approximate surface area is 190 Å². The Morgan fingerprint density at radius 2 is 1.52 bits per heavy atom. The Hall–Kier alpha value is -2.29. The highest BCUT2D eigenvalue weighted by molar-refractivity contribution is 5.68. The lowest BCUT2D eigenvalue weighted by molar-refractivity contribution is -0.647. The first-order valence-corrected chi connectivity index (χ1v) is 11.6. The van der Waals surface area contributed by atoms with Crippen molar-refractivity contribution in [2.75, 3.05) is 4.90 Å². The fourth-order valence-corrected chi connectivity index (χ4v) is 4.83. The first-order valence-electron chi connectivity index (χ1n) is 11.6. The number of hydrogen-bond acceptors (Lipinski definition) is 2. The number of rotatable bonds is 3. The van der Waals surface area contributed by atoms with E-state index in [4.69, 9.17) is 0 Å². The van der Waals surface area contributed by atoms with Gasteiger partial charge in [0.05, 0.1) is 7.05 Å². The molecule has 0 bridgehead atoms. The zero-order chi connectivity index (χ0) is 23.3. The van der Waals surface area contributed by atoms with Crippen molar-refractivity contribution in [3.63, 3.8) is 0 Å². The molecule has 1 atom stereocenters. The van der Waals surface area contributed by atoms with Crippen molar-refractivity contribution in [1.29, 1.82) is 0 Å². The third kappa shape index (κ3) is 4.66. The van der Waals surface area contributed by atoms with E-state index in [0.29, 0.717) is 0 Å². The van der Waals surface area contributed by atoms with E-state index in [1.165, 1.54) is 39.3 Å². The molecular weight excluding hydrogens is 378 g/mol. The molecule has 0 saturated heterocycles. The molecule has 1 aromatic carbocycles. The van der Waals surface area contributed by atoms with E-state index in [0.717, 1.165) is 6.42 Å². The highest BCUT2D eigenvalue weighted by Crippen LogP contribution is 2.34. The molecule has 0 unspecified atom stereocenters. The summed E-state index contributed by atoms with van der Waals surface area (Å²) in [5, 5.41) is 0. The van der Waals surface area contributed by atoms with Crippen molar-refractivity contribution in [3.8, 4) is 11.3 Å². The molecule has 0 amide bonds. The van der Waals surface area contributed by atoms with Gasteiger partial charge in [0.15, 0.2) is 6.17 Å². The Morgan fingerprint density at radius 1 is 0.903 bits per heavy atom. The normalized spacial score (nSPS) is 17.1. The van der Waals surface area contributed by atoms with Crippen LogP contribution in [0.1, 0.15) is 70.7 Å². The Bertz CT molecular complexity index is 1000. The second-order valence-corrected chi connectivity index (χ2v) is 11.5. The second kappa shape index (κ2) is 8.00. The predicted molar refractivity (Wildman–Crippen MR) is 133 cm³/mol. The predicted octanol–water partition coefficient (Wildman–Crippen LogP) is 6.43. The van der Waals surface area contributed by atoms with Gasteiger partial charge in [-0.2, -0.15) is 0 Å². The van der Waals surface area contributed by atoms with Crippen LogP contribution in [0.4, 0.5) is 5.82 Å². The smallest absolute Gasteiger partial charge is 0.283 e. The van der Waals surface area contributed by atoms with Crippen molar-refractivity contribution in [3.05, 3.63) is 58.9 Å². The number of hydrogen-bond donors (Lipinski definition) is 0. The second-order valence-electron chi connectivity index (χ2n) is 11.5. The molecule has 3 nitrogen and oxygen atoms in total. The fraction of sp³-hybridized carbons (Fsp3) is 0.536. The van der Waals surface area contributed by atoms with Crippen LogP contribution < -0.4 is 9.47 Å². The lowest BCUT2D eigenvalue weighted by atomic mass is 9.87. The quantitative estimate of drug-likeness (QED) is 0.530. The first kappa shape index (κ1) is 23.4. The van der Waals surface area contributed by atoms with E-state index in [2.05, 4.69) is 127 Å². The monoisotopic (exact) mass is 420 g/mol. The Balaban J connectivity index is 2.22. The van der Waals surface area contributed by atoms with E-state index in [1.807, 2.05) is 0 Å². The van der Waals surface area contributed by atoms with Crippen LogP contribution in [0, 0.1) is 26.2 Å². The summed E-state index contributed by atoms with van der Waals surface area (Å²) < 4.78 is 2.38. The standard InChI is InChI=1S/C28H42N3/c1-19-12-13-20(2)26(21(19)3)24-16-23(18-27(5,6)7)17-25(29(24)11)30-14-15-31(22(30)4)28(8,9)10/h12-17,22H,18H2,1-11H3/q+1/t22-/m0/s1. The average molecular weight is 421 g/mol. The number of anilines is 1. The fourth-order valence-electron chi connectivity index (χ4n) is 4.83. The van der Waals surface area contributed by atoms with Crippen molar-refractivity contribution in [1.82, 2.24) is 4.90 Å². The number of benzene rings is 1. The van der Waals surface area contributed by atoms with E-state index in [1.54, 1.807) is 0 Å². The van der Waals surface area contributed by atoms with Crippen molar-refractivity contribution in [2.45, 2.75) is 87.4 Å². The average Bonchev–Trinajstić information content (AvgIpc) is 3.01. The molecule has 1 aliphatic heterocycles. The van der Waals surface area contributed by atoms with Crippen LogP contribution in [0.2, 0.25) is 0 Å². The maximum atomic E-state index is 2.44. The van der Waals surface area contributed by atoms with Gasteiger partial charge in [-0.25, -0.2) is 9.47 Å². The summed E-state index contributed by atoms with van der Waals surface area (Å²) in [5.41, 5.74) is 8.42. The number of aryl methyl sites for hydroxylation is 2. The van der Waals surface area contributed by atoms with Crippen molar-refractivity contribution in [2.24, 2.45) is 12.5 Å². The third-order valence-electron chi connectivity index (χ3n) is 6.51. The molecule has 1 aromatic heterocycles. The Kier molecular flexibility index (Phi) is 6.03. The third-order valence-corrected chi connectivity index (χ3v) is 6.51. The molecule has 0 N–H and O–H groups in total. The summed E-state index contributed by atoms with van der Waals surface area (Å²) >= 11 is 0. The number of aromatic nitrogens is 1. The first-order chi connectivity index (χ1) is 14.2. The molecule has 3 rings (SSSR count). The summed E-state index contributed by atoms with van der Waals surface area (Å²) in [6.45, 7) is 22.8. The summed E-state index contributed by atoms with van der Waals surface area (Å²) in [5.74, 6) is 1.24. The van der Waals surface area contributed by atoms with Crippen LogP contribution in [-0.4, -0.2) is 16.6 Å². The molecule has 3 heteroatoms. The molecule has 0 fully saturated rings. The van der Waals surface area contributed by atoms with Gasteiger partial charge in [0.1, 0.15) is 11.9 Å². The van der Waals surface area contributed by atoms with Gasteiger partial charge < -0.3 is 4.90 Å². The highest BCUT2D eigenvalue weighted by Gasteiger charge is 2.37. The van der Waals surface area contributed by atoms with Crippen molar-refractivity contribution < 1.29 is 4.57 Å². The van der Waals surface area contributed by atoms with Crippen LogP contribution in [0.25, 0.3) is 11.3 Å². The molecule has 2 heterocycles. The van der Waals surface area contributed by atoms with E-state index < -0.39 is 0 Å². The molecule has 2 aromatic rings. The van der Waals surface area contributed by atoms with Gasteiger partial charge in [0.2, 0.25) is 0 Å². The maximum absolute atomic E-state index is 2.44. The molecule has 31 heavy (non-hydrogen) atoms. The number of nitrogens with zero attached hydrogens (tertiary/aromatic N) is 3. The van der Waals surface area contributed by atoms with Gasteiger partial charge in [0.25, 0.3) is 5.82 Å².